The Hall–Kier alpha value is 1.12. The van der Waals surface area contributed by atoms with Gasteiger partial charge in [0, 0.05) is 29.6 Å². The molecule has 0 rings (SSSR count). The Balaban J connectivity index is -0.0000000133. The minimum absolute atomic E-state index is 0. The summed E-state index contributed by atoms with van der Waals surface area (Å²) in [6.45, 7) is 0. The van der Waals surface area contributed by atoms with E-state index in [1.54, 1.807) is 0 Å². The fourth-order valence-electron chi connectivity index (χ4n) is 0. The van der Waals surface area contributed by atoms with E-state index in [0.717, 1.165) is 0 Å². The van der Waals surface area contributed by atoms with Crippen molar-refractivity contribution in [3.8, 4) is 0 Å². The first kappa shape index (κ1) is 32.1. The topological polar surface area (TPSA) is 172 Å². The van der Waals surface area contributed by atoms with Crippen LogP contribution in [0.1, 0.15) is 0 Å². The van der Waals surface area contributed by atoms with Gasteiger partial charge in [0.05, 0.1) is 0 Å². The molecule has 0 aliphatic rings. The first-order chi connectivity index (χ1) is 2.00. The zero-order chi connectivity index (χ0) is 4.50. The van der Waals surface area contributed by atoms with Gasteiger partial charge in [-0.1, -0.05) is 0 Å². The van der Waals surface area contributed by atoms with E-state index < -0.39 is 14.5 Å². The fourth-order valence-corrected chi connectivity index (χ4v) is 0. The molecule has 9 heavy (non-hydrogen) atoms. The zero-order valence-electron chi connectivity index (χ0n) is 4.70. The summed E-state index contributed by atoms with van der Waals surface area (Å²) in [6, 6.07) is 0. The molecule has 0 aromatic heterocycles. The molecule has 9 heteroatoms. The predicted octanol–water partition coefficient (Wildman–Crippen LogP) is -5.03. The molecule has 0 aromatic carbocycles. The Morgan fingerprint density at radius 3 is 0.889 bits per heavy atom. The van der Waals surface area contributed by atoms with E-state index in [0.29, 0.717) is 0 Å². The Labute approximate surface area is 76.3 Å². The van der Waals surface area contributed by atoms with Crippen molar-refractivity contribution < 1.29 is 32.5 Å². The molecule has 0 atom stereocenters. The van der Waals surface area contributed by atoms with Crippen LogP contribution < -0.4 is 0 Å². The van der Waals surface area contributed by atoms with Gasteiger partial charge in [0.15, 0.2) is 0 Å². The summed E-state index contributed by atoms with van der Waals surface area (Å²) in [5, 5.41) is 0. The van der Waals surface area contributed by atoms with Gasteiger partial charge in [-0.2, -0.15) is 0 Å². The van der Waals surface area contributed by atoms with E-state index in [-0.39, 0.29) is 46.0 Å². The minimum Gasteiger partial charge on any atom is 0 e. The van der Waals surface area contributed by atoms with Crippen molar-refractivity contribution >= 4 is 44.1 Å². The second kappa shape index (κ2) is 11.9. The van der Waals surface area contributed by atoms with Crippen molar-refractivity contribution in [1.29, 1.82) is 0 Å². The Morgan fingerprint density at radius 2 is 0.889 bits per heavy atom. The average molecular weight is 219 g/mol. The first-order valence-electron chi connectivity index (χ1n) is 0.783. The fraction of sp³-hybridized carbons (Fsp3) is 0. The van der Waals surface area contributed by atoms with Crippen molar-refractivity contribution in [3.05, 3.63) is 0 Å². The van der Waals surface area contributed by atoms with Crippen LogP contribution in [-0.4, -0.2) is 72.8 Å². The molecule has 0 aromatic rings. The first-order valence-corrected chi connectivity index (χ1v) is 4.07. The van der Waals surface area contributed by atoms with Crippen molar-refractivity contribution in [1.82, 2.24) is 0 Å². The third kappa shape index (κ3) is 369. The SMILES string of the molecule is O.O.O.O=[As](O)(O)O.[Na]. The van der Waals surface area contributed by atoms with E-state index in [2.05, 4.69) is 0 Å². The molecule has 9 N–H and O–H groups in total. The number of hydrogen-bond acceptors (Lipinski definition) is 1. The maximum absolute atomic E-state index is 8.94. The van der Waals surface area contributed by atoms with Crippen LogP contribution in [0.15, 0.2) is 0 Å². The molecule has 0 spiro atoms. The summed E-state index contributed by atoms with van der Waals surface area (Å²) in [7, 11) is 0. The van der Waals surface area contributed by atoms with Crippen LogP contribution in [0.25, 0.3) is 0 Å². The molecule has 0 unspecified atom stereocenters. The van der Waals surface area contributed by atoms with E-state index >= 15 is 0 Å². The van der Waals surface area contributed by atoms with E-state index in [1.807, 2.05) is 0 Å². The molecule has 1 radical (unpaired) electrons. The second-order valence-corrected chi connectivity index (χ2v) is 2.67. The van der Waals surface area contributed by atoms with Crippen LogP contribution in [0.4, 0.5) is 0 Å². The summed E-state index contributed by atoms with van der Waals surface area (Å²) in [6.07, 6.45) is 0. The van der Waals surface area contributed by atoms with Gasteiger partial charge in [0.2, 0.25) is 0 Å². The molecule has 0 aliphatic carbocycles. The van der Waals surface area contributed by atoms with Gasteiger partial charge in [0.1, 0.15) is 0 Å². The molecule has 0 bridgehead atoms. The van der Waals surface area contributed by atoms with E-state index in [1.165, 1.54) is 0 Å². The van der Waals surface area contributed by atoms with Crippen LogP contribution in [-0.2, 0) is 3.74 Å². The monoisotopic (exact) mass is 219 g/mol. The molecule has 57 valence electrons. The summed E-state index contributed by atoms with van der Waals surface area (Å²) in [4.78, 5) is 0. The predicted molar refractivity (Wildman–Crippen MR) is 29.7 cm³/mol. The standard InChI is InChI=1S/AsH3O4.Na.3H2O/c2-1(3,4)5;;;;/h(H3,2,3,4,5);;3*1H2. The van der Waals surface area contributed by atoms with Gasteiger partial charge in [0.25, 0.3) is 0 Å². The molecular weight excluding hydrogens is 210 g/mol. The van der Waals surface area contributed by atoms with Gasteiger partial charge in [-0.25, -0.2) is 0 Å². The normalized spacial score (nSPS) is 6.56. The summed E-state index contributed by atoms with van der Waals surface area (Å²) in [5.41, 5.74) is 0. The summed E-state index contributed by atoms with van der Waals surface area (Å²) in [5.74, 6) is 0. The van der Waals surface area contributed by atoms with Crippen molar-refractivity contribution in [2.45, 2.75) is 0 Å². The van der Waals surface area contributed by atoms with Gasteiger partial charge in [-0.15, -0.1) is 0 Å². The van der Waals surface area contributed by atoms with Crippen LogP contribution in [0.2, 0.25) is 0 Å². The van der Waals surface area contributed by atoms with Gasteiger partial charge >= 0.3 is 30.5 Å². The maximum Gasteiger partial charge on any atom is 0 e. The smallest absolute Gasteiger partial charge is 0 e. The molecular formula is H9AsNaO7. The summed E-state index contributed by atoms with van der Waals surface area (Å²) >= 11 is -5.12. The molecule has 0 heterocycles. The van der Waals surface area contributed by atoms with Gasteiger partial charge in [-0.05, 0) is 0 Å². The zero-order valence-corrected chi connectivity index (χ0v) is 8.57. The molecule has 7 nitrogen and oxygen atoms in total. The van der Waals surface area contributed by atoms with Gasteiger partial charge in [-0.3, -0.25) is 0 Å². The van der Waals surface area contributed by atoms with Crippen LogP contribution in [0, 0.1) is 0 Å². The van der Waals surface area contributed by atoms with Crippen LogP contribution >= 0.6 is 0 Å². The van der Waals surface area contributed by atoms with Crippen molar-refractivity contribution in [3.63, 3.8) is 0 Å². The Bertz CT molecular complexity index is 55.1. The number of hydrogen-bond donors (Lipinski definition) is 3. The largest absolute Gasteiger partial charge is 0 e. The molecule has 0 saturated carbocycles. The maximum atomic E-state index is 8.94. The van der Waals surface area contributed by atoms with E-state index in [4.69, 9.17) is 16.0 Å². The van der Waals surface area contributed by atoms with Crippen molar-refractivity contribution in [2.75, 3.05) is 0 Å². The molecule has 0 fully saturated rings. The summed E-state index contributed by atoms with van der Waals surface area (Å²) < 4.78 is 30.7. The Morgan fingerprint density at radius 1 is 0.889 bits per heavy atom. The van der Waals surface area contributed by atoms with E-state index in [9.17, 15) is 0 Å². The number of rotatable bonds is 0. The molecule has 0 amide bonds. The van der Waals surface area contributed by atoms with Crippen molar-refractivity contribution in [2.24, 2.45) is 0 Å². The molecule has 0 aliphatic heterocycles. The third-order valence-electron chi connectivity index (χ3n) is 0. The third-order valence-corrected chi connectivity index (χ3v) is 0. The quantitative estimate of drug-likeness (QED) is 0.346. The van der Waals surface area contributed by atoms with Crippen LogP contribution in [0.5, 0.6) is 0 Å². The molecule has 0 saturated heterocycles. The second-order valence-electron chi connectivity index (χ2n) is 0.513. The van der Waals surface area contributed by atoms with Crippen LogP contribution in [0.3, 0.4) is 0 Å². The van der Waals surface area contributed by atoms with Gasteiger partial charge < -0.3 is 16.4 Å². The average Bonchev–Trinajstić information content (AvgIpc) is 0.722. The minimum atomic E-state index is -5.12. The Kier molecular flexibility index (Phi) is 42.3.